The molecule has 3 heterocycles. The molecule has 1 aliphatic heterocycles. The molecule has 4 rings (SSSR count). The van der Waals surface area contributed by atoms with E-state index in [1.807, 2.05) is 25.1 Å². The first-order valence-corrected chi connectivity index (χ1v) is 8.53. The zero-order valence-corrected chi connectivity index (χ0v) is 14.5. The first-order chi connectivity index (χ1) is 12.2. The van der Waals surface area contributed by atoms with Crippen molar-refractivity contribution < 1.29 is 4.74 Å². The van der Waals surface area contributed by atoms with E-state index in [9.17, 15) is 0 Å². The summed E-state index contributed by atoms with van der Waals surface area (Å²) in [5.41, 5.74) is 2.16. The van der Waals surface area contributed by atoms with Crippen LogP contribution >= 0.6 is 0 Å². The van der Waals surface area contributed by atoms with Crippen molar-refractivity contribution in [3.63, 3.8) is 0 Å². The molecule has 1 aromatic carbocycles. The number of aromatic nitrogens is 4. The second-order valence-corrected chi connectivity index (χ2v) is 6.44. The van der Waals surface area contributed by atoms with Gasteiger partial charge >= 0.3 is 0 Å². The SMILES string of the molecule is COc1cccc(N2CCC(CNc3cc(C)nc4ncnn34)C2)c1. The Labute approximate surface area is 146 Å². The highest BCUT2D eigenvalue weighted by molar-refractivity contribution is 5.51. The Morgan fingerprint density at radius 1 is 1.32 bits per heavy atom. The molecule has 0 bridgehead atoms. The summed E-state index contributed by atoms with van der Waals surface area (Å²) >= 11 is 0. The molecular formula is C18H22N6O. The molecule has 7 nitrogen and oxygen atoms in total. The molecule has 0 amide bonds. The van der Waals surface area contributed by atoms with Crippen LogP contribution in [0.15, 0.2) is 36.7 Å². The van der Waals surface area contributed by atoms with Gasteiger partial charge in [-0.15, -0.1) is 0 Å². The molecule has 1 atom stereocenters. The first kappa shape index (κ1) is 15.7. The van der Waals surface area contributed by atoms with Gasteiger partial charge in [0.05, 0.1) is 7.11 Å². The monoisotopic (exact) mass is 338 g/mol. The Hall–Kier alpha value is -2.83. The molecule has 25 heavy (non-hydrogen) atoms. The topological polar surface area (TPSA) is 67.6 Å². The number of hydrogen-bond acceptors (Lipinski definition) is 6. The minimum Gasteiger partial charge on any atom is -0.497 e. The molecular weight excluding hydrogens is 316 g/mol. The van der Waals surface area contributed by atoms with Crippen molar-refractivity contribution in [3.8, 4) is 5.75 Å². The lowest BCUT2D eigenvalue weighted by Gasteiger charge is -2.19. The van der Waals surface area contributed by atoms with Gasteiger partial charge in [0, 0.05) is 43.1 Å². The molecule has 7 heteroatoms. The molecule has 0 spiro atoms. The summed E-state index contributed by atoms with van der Waals surface area (Å²) in [7, 11) is 1.71. The summed E-state index contributed by atoms with van der Waals surface area (Å²) in [6, 6.07) is 10.3. The first-order valence-electron chi connectivity index (χ1n) is 8.53. The Morgan fingerprint density at radius 3 is 3.12 bits per heavy atom. The largest absolute Gasteiger partial charge is 0.497 e. The van der Waals surface area contributed by atoms with Gasteiger partial charge in [-0.05, 0) is 31.4 Å². The normalized spacial score (nSPS) is 17.2. The minimum absolute atomic E-state index is 0.582. The van der Waals surface area contributed by atoms with Gasteiger partial charge in [-0.1, -0.05) is 6.07 Å². The second-order valence-electron chi connectivity index (χ2n) is 6.44. The van der Waals surface area contributed by atoms with Crippen LogP contribution in [-0.2, 0) is 0 Å². The van der Waals surface area contributed by atoms with Gasteiger partial charge in [0.1, 0.15) is 17.9 Å². The van der Waals surface area contributed by atoms with E-state index < -0.39 is 0 Å². The Morgan fingerprint density at radius 2 is 2.24 bits per heavy atom. The van der Waals surface area contributed by atoms with Crippen LogP contribution in [0.4, 0.5) is 11.5 Å². The van der Waals surface area contributed by atoms with Crippen LogP contribution in [0.1, 0.15) is 12.1 Å². The molecule has 0 saturated carbocycles. The van der Waals surface area contributed by atoms with Crippen LogP contribution in [0.2, 0.25) is 0 Å². The number of ether oxygens (including phenoxy) is 1. The van der Waals surface area contributed by atoms with Crippen LogP contribution in [0.5, 0.6) is 5.75 Å². The zero-order valence-electron chi connectivity index (χ0n) is 14.5. The fourth-order valence-electron chi connectivity index (χ4n) is 3.35. The van der Waals surface area contributed by atoms with E-state index in [-0.39, 0.29) is 0 Å². The predicted molar refractivity (Wildman–Crippen MR) is 97.3 cm³/mol. The van der Waals surface area contributed by atoms with E-state index in [0.29, 0.717) is 11.7 Å². The molecule has 1 N–H and O–H groups in total. The van der Waals surface area contributed by atoms with E-state index in [4.69, 9.17) is 4.74 Å². The summed E-state index contributed by atoms with van der Waals surface area (Å²) in [5, 5.41) is 7.76. The lowest BCUT2D eigenvalue weighted by Crippen LogP contribution is -2.23. The number of aryl methyl sites for hydroxylation is 1. The summed E-state index contributed by atoms with van der Waals surface area (Å²) in [5.74, 6) is 3.06. The Balaban J connectivity index is 1.41. The number of nitrogens with one attached hydrogen (secondary N) is 1. The highest BCUT2D eigenvalue weighted by Crippen LogP contribution is 2.27. The van der Waals surface area contributed by atoms with Gasteiger partial charge in [-0.25, -0.2) is 4.98 Å². The van der Waals surface area contributed by atoms with Crippen molar-refractivity contribution in [1.82, 2.24) is 19.6 Å². The molecule has 3 aromatic rings. The number of anilines is 2. The maximum Gasteiger partial charge on any atom is 0.254 e. The molecule has 0 aliphatic carbocycles. The van der Waals surface area contributed by atoms with Gasteiger partial charge in [-0.3, -0.25) is 0 Å². The van der Waals surface area contributed by atoms with Crippen LogP contribution in [0.3, 0.4) is 0 Å². The van der Waals surface area contributed by atoms with Crippen LogP contribution in [0, 0.1) is 12.8 Å². The van der Waals surface area contributed by atoms with E-state index >= 15 is 0 Å². The summed E-state index contributed by atoms with van der Waals surface area (Å²) < 4.78 is 7.08. The summed E-state index contributed by atoms with van der Waals surface area (Å²) in [6.45, 7) is 4.97. The average molecular weight is 338 g/mol. The zero-order chi connectivity index (χ0) is 17.2. The Kier molecular flexibility index (Phi) is 4.13. The van der Waals surface area contributed by atoms with Crippen molar-refractivity contribution in [2.75, 3.05) is 37.0 Å². The number of rotatable bonds is 5. The number of benzene rings is 1. The van der Waals surface area contributed by atoms with Gasteiger partial charge in [0.2, 0.25) is 0 Å². The highest BCUT2D eigenvalue weighted by atomic mass is 16.5. The molecule has 0 radical (unpaired) electrons. The summed E-state index contributed by atoms with van der Waals surface area (Å²) in [4.78, 5) is 11.0. The fraction of sp³-hybridized carbons (Fsp3) is 0.389. The van der Waals surface area contributed by atoms with Gasteiger partial charge in [0.25, 0.3) is 5.78 Å². The molecule has 1 unspecified atom stereocenters. The van der Waals surface area contributed by atoms with Crippen LogP contribution in [0.25, 0.3) is 5.78 Å². The lowest BCUT2D eigenvalue weighted by atomic mass is 10.1. The van der Waals surface area contributed by atoms with Crippen molar-refractivity contribution in [1.29, 1.82) is 0 Å². The van der Waals surface area contributed by atoms with E-state index in [1.165, 1.54) is 12.0 Å². The number of fused-ring (bicyclic) bond motifs is 1. The quantitative estimate of drug-likeness (QED) is 0.770. The van der Waals surface area contributed by atoms with Gasteiger partial charge < -0.3 is 15.0 Å². The average Bonchev–Trinajstić information content (AvgIpc) is 3.29. The Bertz CT molecular complexity index is 877. The number of nitrogens with zero attached hydrogens (tertiary/aromatic N) is 5. The van der Waals surface area contributed by atoms with E-state index in [0.717, 1.165) is 43.3 Å². The highest BCUT2D eigenvalue weighted by Gasteiger charge is 2.23. The molecule has 1 saturated heterocycles. The molecule has 1 fully saturated rings. The third kappa shape index (κ3) is 3.22. The number of methoxy groups -OCH3 is 1. The summed E-state index contributed by atoms with van der Waals surface area (Å²) in [6.07, 6.45) is 2.70. The second kappa shape index (κ2) is 6.58. The van der Waals surface area contributed by atoms with Crippen molar-refractivity contribution >= 4 is 17.3 Å². The molecule has 2 aromatic heterocycles. The maximum absolute atomic E-state index is 5.33. The lowest BCUT2D eigenvalue weighted by molar-refractivity contribution is 0.415. The van der Waals surface area contributed by atoms with Crippen LogP contribution in [-0.4, -0.2) is 46.3 Å². The number of hydrogen-bond donors (Lipinski definition) is 1. The van der Waals surface area contributed by atoms with Crippen molar-refractivity contribution in [2.45, 2.75) is 13.3 Å². The predicted octanol–water partition coefficient (Wildman–Crippen LogP) is 2.38. The van der Waals surface area contributed by atoms with E-state index in [2.05, 4.69) is 37.4 Å². The van der Waals surface area contributed by atoms with Gasteiger partial charge in [-0.2, -0.15) is 14.6 Å². The van der Waals surface area contributed by atoms with Crippen molar-refractivity contribution in [2.24, 2.45) is 5.92 Å². The van der Waals surface area contributed by atoms with Crippen molar-refractivity contribution in [3.05, 3.63) is 42.4 Å². The standard InChI is InChI=1S/C18H22N6O/c1-13-8-17(24-18(22-13)20-12-21-24)19-10-14-6-7-23(11-14)15-4-3-5-16(9-15)25-2/h3-5,8-9,12,14,19H,6-7,10-11H2,1-2H3. The van der Waals surface area contributed by atoms with E-state index in [1.54, 1.807) is 11.6 Å². The third-order valence-electron chi connectivity index (χ3n) is 4.66. The molecule has 130 valence electrons. The van der Waals surface area contributed by atoms with Crippen LogP contribution < -0.4 is 15.0 Å². The molecule has 1 aliphatic rings. The fourth-order valence-corrected chi connectivity index (χ4v) is 3.35. The van der Waals surface area contributed by atoms with Gasteiger partial charge in [0.15, 0.2) is 0 Å². The smallest absolute Gasteiger partial charge is 0.254 e. The minimum atomic E-state index is 0.582. The maximum atomic E-state index is 5.33. The third-order valence-corrected chi connectivity index (χ3v) is 4.66.